The molecule has 0 aliphatic heterocycles. The molecule has 5 rings (SSSR count). The van der Waals surface area contributed by atoms with Crippen molar-refractivity contribution in [2.45, 2.75) is 31.8 Å². The second kappa shape index (κ2) is 9.05. The summed E-state index contributed by atoms with van der Waals surface area (Å²) in [6.45, 7) is 5.62. The van der Waals surface area contributed by atoms with Crippen LogP contribution in [0.15, 0.2) is 76.0 Å². The number of hydrogen-bond acceptors (Lipinski definition) is 6. The van der Waals surface area contributed by atoms with Crippen LogP contribution in [0, 0.1) is 13.8 Å². The van der Waals surface area contributed by atoms with Crippen molar-refractivity contribution in [3.63, 3.8) is 0 Å². The fourth-order valence-corrected chi connectivity index (χ4v) is 5.12. The largest absolute Gasteiger partial charge is 0.485 e. The van der Waals surface area contributed by atoms with E-state index in [0.29, 0.717) is 33.7 Å². The summed E-state index contributed by atoms with van der Waals surface area (Å²) in [7, 11) is -3.31. The Morgan fingerprint density at radius 3 is 2.38 bits per heavy atom. The minimum absolute atomic E-state index is 0.0539. The number of carbonyl (C=O) groups is 1. The van der Waals surface area contributed by atoms with E-state index in [9.17, 15) is 18.3 Å². The lowest BCUT2D eigenvalue weighted by Gasteiger charge is -2.19. The molecule has 0 bridgehead atoms. The number of aryl methyl sites for hydroxylation is 2. The van der Waals surface area contributed by atoms with Crippen LogP contribution in [0.2, 0.25) is 0 Å². The predicted molar refractivity (Wildman–Crippen MR) is 142 cm³/mol. The lowest BCUT2D eigenvalue weighted by atomic mass is 10.0. The number of furan rings is 1. The number of aromatic nitrogens is 1. The van der Waals surface area contributed by atoms with Crippen molar-refractivity contribution in [2.24, 2.45) is 0 Å². The molecule has 0 unspecified atom stereocenters. The molecule has 0 radical (unpaired) electrons. The van der Waals surface area contributed by atoms with E-state index in [0.717, 1.165) is 28.3 Å². The van der Waals surface area contributed by atoms with Gasteiger partial charge in [0.1, 0.15) is 23.1 Å². The number of hydrogen-bond donors (Lipinski definition) is 1. The van der Waals surface area contributed by atoms with Crippen molar-refractivity contribution in [1.29, 1.82) is 0 Å². The maximum absolute atomic E-state index is 12.4. The first kappa shape index (κ1) is 24.5. The number of nitrogens with zero attached hydrogens (tertiary/aromatic N) is 1. The van der Waals surface area contributed by atoms with E-state index in [1.54, 1.807) is 18.2 Å². The molecule has 8 heteroatoms. The third-order valence-electron chi connectivity index (χ3n) is 6.51. The maximum atomic E-state index is 12.4. The normalized spacial score (nSPS) is 12.6. The summed E-state index contributed by atoms with van der Waals surface area (Å²) in [6, 6.07) is 19.2. The zero-order chi connectivity index (χ0) is 26.5. The molecule has 0 saturated heterocycles. The molecule has 1 atom stereocenters. The maximum Gasteiger partial charge on any atom is 0.336 e. The number of para-hydroxylation sites is 1. The van der Waals surface area contributed by atoms with Gasteiger partial charge in [-0.2, -0.15) is 0 Å². The molecule has 0 spiro atoms. The van der Waals surface area contributed by atoms with Gasteiger partial charge in [-0.3, -0.25) is 0 Å². The first-order valence-electron chi connectivity index (χ1n) is 11.7. The number of pyridine rings is 1. The minimum Gasteiger partial charge on any atom is -0.485 e. The number of sulfone groups is 1. The molecule has 0 aliphatic rings. The van der Waals surface area contributed by atoms with Crippen LogP contribution >= 0.6 is 0 Å². The molecule has 2 heterocycles. The van der Waals surface area contributed by atoms with Gasteiger partial charge >= 0.3 is 5.97 Å². The number of benzene rings is 3. The second-order valence-electron chi connectivity index (χ2n) is 9.12. The van der Waals surface area contributed by atoms with E-state index in [1.165, 1.54) is 18.2 Å². The third-order valence-corrected chi connectivity index (χ3v) is 7.64. The third kappa shape index (κ3) is 4.44. The summed E-state index contributed by atoms with van der Waals surface area (Å²) < 4.78 is 35.9. The highest BCUT2D eigenvalue weighted by molar-refractivity contribution is 7.90. The Kier molecular flexibility index (Phi) is 6.00. The van der Waals surface area contributed by atoms with Gasteiger partial charge in [0.2, 0.25) is 0 Å². The van der Waals surface area contributed by atoms with E-state index in [4.69, 9.17) is 14.1 Å². The lowest BCUT2D eigenvalue weighted by Crippen LogP contribution is -2.07. The number of rotatable bonds is 6. The molecule has 188 valence electrons. The fraction of sp³-hybridized carbons (Fsp3) is 0.172. The quantitative estimate of drug-likeness (QED) is 0.275. The van der Waals surface area contributed by atoms with Crippen LogP contribution in [0.5, 0.6) is 5.75 Å². The summed E-state index contributed by atoms with van der Waals surface area (Å²) >= 11 is 0. The average molecular weight is 516 g/mol. The average Bonchev–Trinajstić information content (AvgIpc) is 3.21. The van der Waals surface area contributed by atoms with E-state index in [-0.39, 0.29) is 10.5 Å². The fourth-order valence-electron chi connectivity index (χ4n) is 4.49. The highest BCUT2D eigenvalue weighted by atomic mass is 32.2. The molecule has 5 aromatic rings. The van der Waals surface area contributed by atoms with Crippen molar-refractivity contribution in [3.05, 3.63) is 89.0 Å². The molecular weight excluding hydrogens is 490 g/mol. The first-order valence-corrected chi connectivity index (χ1v) is 13.6. The molecule has 0 fully saturated rings. The van der Waals surface area contributed by atoms with Crippen LogP contribution in [-0.2, 0) is 9.84 Å². The smallest absolute Gasteiger partial charge is 0.336 e. The Bertz CT molecular complexity index is 1790. The van der Waals surface area contributed by atoms with Crippen LogP contribution in [-0.4, -0.2) is 30.7 Å². The molecule has 1 N–H and O–H groups in total. The van der Waals surface area contributed by atoms with E-state index in [1.807, 2.05) is 51.1 Å². The SMILES string of the molecule is Cc1c(-c2cc(C(=O)O)c3c(O[C@@H](C)c4ccc(S(C)(=O)=O)cc4)ccc(C)c3n2)oc2ccccc12. The van der Waals surface area contributed by atoms with Gasteiger partial charge in [0.25, 0.3) is 0 Å². The molecule has 2 aromatic heterocycles. The van der Waals surface area contributed by atoms with Gasteiger partial charge in [-0.05, 0) is 62.2 Å². The van der Waals surface area contributed by atoms with E-state index < -0.39 is 21.9 Å². The number of aromatic carboxylic acids is 1. The van der Waals surface area contributed by atoms with Gasteiger partial charge in [-0.15, -0.1) is 0 Å². The van der Waals surface area contributed by atoms with Crippen LogP contribution in [0.4, 0.5) is 0 Å². The molecule has 3 aromatic carbocycles. The Morgan fingerprint density at radius 2 is 1.73 bits per heavy atom. The molecule has 0 saturated carbocycles. The van der Waals surface area contributed by atoms with Gasteiger partial charge < -0.3 is 14.3 Å². The van der Waals surface area contributed by atoms with Gasteiger partial charge in [0.05, 0.1) is 21.4 Å². The van der Waals surface area contributed by atoms with Crippen molar-refractivity contribution in [3.8, 4) is 17.2 Å². The molecule has 37 heavy (non-hydrogen) atoms. The number of fused-ring (bicyclic) bond motifs is 2. The Balaban J connectivity index is 1.62. The highest BCUT2D eigenvalue weighted by Crippen LogP contribution is 2.38. The van der Waals surface area contributed by atoms with Gasteiger partial charge in [0.15, 0.2) is 15.6 Å². The molecule has 0 aliphatic carbocycles. The number of ether oxygens (including phenoxy) is 1. The van der Waals surface area contributed by atoms with E-state index in [2.05, 4.69) is 0 Å². The van der Waals surface area contributed by atoms with Crippen LogP contribution in [0.3, 0.4) is 0 Å². The first-order chi connectivity index (χ1) is 17.5. The standard InChI is InChI=1S/C29H25NO6S/c1-16-9-14-25(35-18(3)19-10-12-20(13-11-19)37(4,33)34)26-22(29(31)32)15-23(30-27(16)26)28-17(2)21-7-5-6-8-24(21)36-28/h5-15,18H,1-4H3,(H,31,32)/t18-/m0/s1. The molecule has 7 nitrogen and oxygen atoms in total. The number of carboxylic acids is 1. The topological polar surface area (TPSA) is 107 Å². The van der Waals surface area contributed by atoms with Crippen molar-refractivity contribution in [2.75, 3.05) is 6.26 Å². The monoisotopic (exact) mass is 515 g/mol. The van der Waals surface area contributed by atoms with Gasteiger partial charge in [0, 0.05) is 17.2 Å². The van der Waals surface area contributed by atoms with E-state index >= 15 is 0 Å². The Labute approximate surface area is 214 Å². The molecular formula is C29H25NO6S. The van der Waals surface area contributed by atoms with Gasteiger partial charge in [-0.25, -0.2) is 18.2 Å². The van der Waals surface area contributed by atoms with Gasteiger partial charge in [-0.1, -0.05) is 36.4 Å². The highest BCUT2D eigenvalue weighted by Gasteiger charge is 2.22. The summed E-state index contributed by atoms with van der Waals surface area (Å²) in [6.07, 6.45) is 0.681. The van der Waals surface area contributed by atoms with Crippen molar-refractivity contribution < 1.29 is 27.5 Å². The summed E-state index contributed by atoms with van der Waals surface area (Å²) in [5.41, 5.74) is 4.13. The molecule has 0 amide bonds. The van der Waals surface area contributed by atoms with Crippen LogP contribution in [0.1, 0.15) is 40.1 Å². The zero-order valence-corrected chi connectivity index (χ0v) is 21.6. The van der Waals surface area contributed by atoms with Crippen LogP contribution in [0.25, 0.3) is 33.3 Å². The van der Waals surface area contributed by atoms with Crippen molar-refractivity contribution >= 4 is 37.7 Å². The van der Waals surface area contributed by atoms with Crippen molar-refractivity contribution in [1.82, 2.24) is 4.98 Å². The predicted octanol–water partition coefficient (Wildman–Crippen LogP) is 6.51. The summed E-state index contributed by atoms with van der Waals surface area (Å²) in [5.74, 6) is -0.211. The second-order valence-corrected chi connectivity index (χ2v) is 11.1. The lowest BCUT2D eigenvalue weighted by molar-refractivity contribution is 0.0698. The summed E-state index contributed by atoms with van der Waals surface area (Å²) in [4.78, 5) is 17.5. The zero-order valence-electron chi connectivity index (χ0n) is 20.8. The Hall–Kier alpha value is -4.17. The Morgan fingerprint density at radius 1 is 1.03 bits per heavy atom. The number of carboxylic acid groups (broad SMARTS) is 1. The summed E-state index contributed by atoms with van der Waals surface area (Å²) in [5, 5.41) is 11.5. The minimum atomic E-state index is -3.31. The van der Waals surface area contributed by atoms with Crippen LogP contribution < -0.4 is 4.74 Å².